The number of benzene rings is 1. The second-order valence-electron chi connectivity index (χ2n) is 4.94. The van der Waals surface area contributed by atoms with E-state index in [9.17, 15) is 4.79 Å². The summed E-state index contributed by atoms with van der Waals surface area (Å²) in [5.41, 5.74) is 1.13. The molecule has 1 aromatic carbocycles. The molecule has 100 valence electrons. The summed E-state index contributed by atoms with van der Waals surface area (Å²) in [6.45, 7) is 6.30. The third-order valence-corrected chi connectivity index (χ3v) is 3.53. The van der Waals surface area contributed by atoms with Crippen LogP contribution in [0.5, 0.6) is 0 Å². The van der Waals surface area contributed by atoms with E-state index in [-0.39, 0.29) is 11.9 Å². The molecule has 0 heterocycles. The highest BCUT2D eigenvalue weighted by molar-refractivity contribution is 9.10. The molecule has 0 aliphatic heterocycles. The lowest BCUT2D eigenvalue weighted by Crippen LogP contribution is -2.27. The Morgan fingerprint density at radius 2 is 2.11 bits per heavy atom. The molecule has 1 aromatic rings. The summed E-state index contributed by atoms with van der Waals surface area (Å²) >= 11 is 3.44. The Labute approximate surface area is 118 Å². The lowest BCUT2D eigenvalue weighted by Gasteiger charge is -2.16. The molecule has 0 aromatic heterocycles. The summed E-state index contributed by atoms with van der Waals surface area (Å²) in [5.74, 6) is 0.605. The van der Waals surface area contributed by atoms with Gasteiger partial charge < -0.3 is 5.32 Å². The molecule has 0 aliphatic rings. The van der Waals surface area contributed by atoms with Crippen molar-refractivity contribution in [2.75, 3.05) is 0 Å². The van der Waals surface area contributed by atoms with Crippen molar-refractivity contribution in [3.63, 3.8) is 0 Å². The normalized spacial score (nSPS) is 14.0. The minimum absolute atomic E-state index is 0.0591. The fourth-order valence-electron chi connectivity index (χ4n) is 2.07. The highest BCUT2D eigenvalue weighted by Crippen LogP contribution is 2.18. The van der Waals surface area contributed by atoms with E-state index in [1.807, 2.05) is 31.2 Å². The Morgan fingerprint density at radius 3 is 2.72 bits per heavy atom. The first kappa shape index (κ1) is 15.2. The van der Waals surface area contributed by atoms with Crippen LogP contribution in [0.25, 0.3) is 0 Å². The van der Waals surface area contributed by atoms with Crippen molar-refractivity contribution in [1.82, 2.24) is 5.32 Å². The van der Waals surface area contributed by atoms with E-state index < -0.39 is 0 Å². The maximum atomic E-state index is 11.9. The zero-order chi connectivity index (χ0) is 13.5. The number of carbonyl (C=O) groups is 1. The average Bonchev–Trinajstić information content (AvgIpc) is 2.28. The van der Waals surface area contributed by atoms with E-state index >= 15 is 0 Å². The molecule has 0 saturated heterocycles. The van der Waals surface area contributed by atoms with E-state index in [1.165, 1.54) is 0 Å². The number of nitrogens with one attached hydrogen (secondary N) is 1. The third-order valence-electron chi connectivity index (χ3n) is 3.04. The van der Waals surface area contributed by atoms with Gasteiger partial charge in [0, 0.05) is 10.9 Å². The highest BCUT2D eigenvalue weighted by atomic mass is 79.9. The summed E-state index contributed by atoms with van der Waals surface area (Å²) in [5, 5.41) is 3.05. The number of carbonyl (C=O) groups excluding carboxylic acids is 1. The molecule has 1 rings (SSSR count). The fourth-order valence-corrected chi connectivity index (χ4v) is 2.49. The van der Waals surface area contributed by atoms with Crippen LogP contribution in [-0.2, 0) is 4.79 Å². The van der Waals surface area contributed by atoms with Crippen LogP contribution in [0, 0.1) is 5.92 Å². The SMILES string of the molecule is CCCC(C)CC(=O)NC(C)c1cccc(Br)c1. The molecule has 0 saturated carbocycles. The van der Waals surface area contributed by atoms with Gasteiger partial charge in [0.15, 0.2) is 0 Å². The van der Waals surface area contributed by atoms with Crippen LogP contribution in [0.2, 0.25) is 0 Å². The summed E-state index contributed by atoms with van der Waals surface area (Å²) in [6.07, 6.45) is 2.86. The number of halogens is 1. The smallest absolute Gasteiger partial charge is 0.220 e. The minimum atomic E-state index is 0.0591. The minimum Gasteiger partial charge on any atom is -0.350 e. The Morgan fingerprint density at radius 1 is 1.39 bits per heavy atom. The van der Waals surface area contributed by atoms with E-state index in [1.54, 1.807) is 0 Å². The predicted octanol–water partition coefficient (Wildman–Crippen LogP) is 4.45. The van der Waals surface area contributed by atoms with E-state index in [0.717, 1.165) is 22.9 Å². The Bertz CT molecular complexity index is 392. The van der Waals surface area contributed by atoms with Crippen molar-refractivity contribution >= 4 is 21.8 Å². The van der Waals surface area contributed by atoms with Gasteiger partial charge in [-0.15, -0.1) is 0 Å². The molecule has 0 bridgehead atoms. The van der Waals surface area contributed by atoms with Crippen LogP contribution in [0.15, 0.2) is 28.7 Å². The Hall–Kier alpha value is -0.830. The van der Waals surface area contributed by atoms with Crippen LogP contribution in [0.1, 0.15) is 51.6 Å². The zero-order valence-corrected chi connectivity index (χ0v) is 13.0. The summed E-state index contributed by atoms with van der Waals surface area (Å²) in [7, 11) is 0. The molecule has 1 amide bonds. The molecule has 3 heteroatoms. The van der Waals surface area contributed by atoms with Crippen LogP contribution in [0.3, 0.4) is 0 Å². The first-order chi connectivity index (χ1) is 8.52. The summed E-state index contributed by atoms with van der Waals surface area (Å²) < 4.78 is 1.04. The third kappa shape index (κ3) is 5.21. The molecule has 2 atom stereocenters. The standard InChI is InChI=1S/C15H22BrNO/c1-4-6-11(2)9-15(18)17-12(3)13-7-5-8-14(16)10-13/h5,7-8,10-12H,4,6,9H2,1-3H3,(H,17,18). The largest absolute Gasteiger partial charge is 0.350 e. The van der Waals surface area contributed by atoms with Gasteiger partial charge in [-0.25, -0.2) is 0 Å². The topological polar surface area (TPSA) is 29.1 Å². The van der Waals surface area contributed by atoms with Crippen LogP contribution in [-0.4, -0.2) is 5.91 Å². The van der Waals surface area contributed by atoms with E-state index in [4.69, 9.17) is 0 Å². The maximum Gasteiger partial charge on any atom is 0.220 e. The van der Waals surface area contributed by atoms with Crippen molar-refractivity contribution in [2.45, 2.75) is 46.1 Å². The first-order valence-electron chi connectivity index (χ1n) is 6.57. The lowest BCUT2D eigenvalue weighted by molar-refractivity contribution is -0.122. The van der Waals surface area contributed by atoms with Gasteiger partial charge in [0.2, 0.25) is 5.91 Å². The fraction of sp³-hybridized carbons (Fsp3) is 0.533. The highest BCUT2D eigenvalue weighted by Gasteiger charge is 2.12. The number of rotatable bonds is 6. The van der Waals surface area contributed by atoms with Crippen LogP contribution < -0.4 is 5.32 Å². The molecule has 1 N–H and O–H groups in total. The quantitative estimate of drug-likeness (QED) is 0.826. The van der Waals surface area contributed by atoms with Gasteiger partial charge in [-0.05, 0) is 30.5 Å². The van der Waals surface area contributed by atoms with Crippen LogP contribution >= 0.6 is 15.9 Å². The van der Waals surface area contributed by atoms with Gasteiger partial charge in [-0.1, -0.05) is 54.8 Å². The number of amides is 1. The number of hydrogen-bond acceptors (Lipinski definition) is 1. The monoisotopic (exact) mass is 311 g/mol. The van der Waals surface area contributed by atoms with Crippen LogP contribution in [0.4, 0.5) is 0 Å². The van der Waals surface area contributed by atoms with Gasteiger partial charge >= 0.3 is 0 Å². The molecule has 0 spiro atoms. The van der Waals surface area contributed by atoms with Crippen molar-refractivity contribution in [1.29, 1.82) is 0 Å². The molecule has 0 fully saturated rings. The Kier molecular flexibility index (Phi) is 6.41. The molecule has 2 nitrogen and oxygen atoms in total. The van der Waals surface area contributed by atoms with E-state index in [2.05, 4.69) is 35.1 Å². The van der Waals surface area contributed by atoms with Gasteiger partial charge in [-0.2, -0.15) is 0 Å². The Balaban J connectivity index is 2.49. The summed E-state index contributed by atoms with van der Waals surface area (Å²) in [4.78, 5) is 11.9. The van der Waals surface area contributed by atoms with E-state index in [0.29, 0.717) is 12.3 Å². The van der Waals surface area contributed by atoms with Crippen molar-refractivity contribution in [3.05, 3.63) is 34.3 Å². The molecule has 0 aliphatic carbocycles. The van der Waals surface area contributed by atoms with Crippen molar-refractivity contribution in [2.24, 2.45) is 5.92 Å². The second-order valence-corrected chi connectivity index (χ2v) is 5.86. The lowest BCUT2D eigenvalue weighted by atomic mass is 10.0. The maximum absolute atomic E-state index is 11.9. The van der Waals surface area contributed by atoms with Gasteiger partial charge in [0.25, 0.3) is 0 Å². The van der Waals surface area contributed by atoms with Gasteiger partial charge in [-0.3, -0.25) is 4.79 Å². The predicted molar refractivity (Wildman–Crippen MR) is 79.4 cm³/mol. The van der Waals surface area contributed by atoms with Crippen molar-refractivity contribution < 1.29 is 4.79 Å². The average molecular weight is 312 g/mol. The first-order valence-corrected chi connectivity index (χ1v) is 7.37. The summed E-state index contributed by atoms with van der Waals surface area (Å²) in [6, 6.07) is 8.11. The molecular formula is C15H22BrNO. The zero-order valence-electron chi connectivity index (χ0n) is 11.4. The molecule has 0 radical (unpaired) electrons. The van der Waals surface area contributed by atoms with Gasteiger partial charge in [0.05, 0.1) is 6.04 Å². The van der Waals surface area contributed by atoms with Crippen molar-refractivity contribution in [3.8, 4) is 0 Å². The number of hydrogen-bond donors (Lipinski definition) is 1. The molecule has 18 heavy (non-hydrogen) atoms. The molecule has 2 unspecified atom stereocenters. The molecular weight excluding hydrogens is 290 g/mol. The van der Waals surface area contributed by atoms with Gasteiger partial charge in [0.1, 0.15) is 0 Å². The second kappa shape index (κ2) is 7.57.